The van der Waals surface area contributed by atoms with Gasteiger partial charge < -0.3 is 0 Å². The Labute approximate surface area is 189 Å². The highest BCUT2D eigenvalue weighted by Gasteiger charge is 2.24. The molecule has 0 aromatic heterocycles. The van der Waals surface area contributed by atoms with Gasteiger partial charge in [-0.3, -0.25) is 0 Å². The van der Waals surface area contributed by atoms with E-state index in [-0.39, 0.29) is 0 Å². The molecule has 2 aliphatic rings. The van der Waals surface area contributed by atoms with Crippen molar-refractivity contribution in [3.05, 3.63) is 93.2 Å². The molecule has 31 heavy (non-hydrogen) atoms. The molecule has 0 saturated heterocycles. The summed E-state index contributed by atoms with van der Waals surface area (Å²) in [5, 5.41) is 0. The summed E-state index contributed by atoms with van der Waals surface area (Å²) in [5.74, 6) is 1.51. The van der Waals surface area contributed by atoms with E-state index in [1.54, 1.807) is 16.7 Å². The molecule has 1 fully saturated rings. The smallest absolute Gasteiger partial charge is 0.00134 e. The zero-order valence-electron chi connectivity index (χ0n) is 20.0. The lowest BCUT2D eigenvalue weighted by Gasteiger charge is -2.30. The minimum Gasteiger partial charge on any atom is -0.114 e. The van der Waals surface area contributed by atoms with E-state index in [0.29, 0.717) is 0 Å². The molecule has 162 valence electrons. The molecule has 0 aliphatic heterocycles. The van der Waals surface area contributed by atoms with Gasteiger partial charge in [-0.25, -0.2) is 0 Å². The van der Waals surface area contributed by atoms with E-state index in [2.05, 4.69) is 76.4 Å². The Morgan fingerprint density at radius 2 is 1.61 bits per heavy atom. The van der Waals surface area contributed by atoms with Gasteiger partial charge >= 0.3 is 0 Å². The van der Waals surface area contributed by atoms with Crippen molar-refractivity contribution in [2.45, 2.75) is 85.0 Å². The van der Waals surface area contributed by atoms with E-state index < -0.39 is 0 Å². The lowest BCUT2D eigenvalue weighted by molar-refractivity contribution is 0.324. The fourth-order valence-electron chi connectivity index (χ4n) is 5.81. The van der Waals surface area contributed by atoms with Gasteiger partial charge in [0.25, 0.3) is 0 Å². The maximum atomic E-state index is 4.45. The van der Waals surface area contributed by atoms with Crippen LogP contribution in [-0.4, -0.2) is 0 Å². The van der Waals surface area contributed by atoms with Gasteiger partial charge in [0.05, 0.1) is 0 Å². The van der Waals surface area contributed by atoms with Crippen LogP contribution in [-0.2, 0) is 12.8 Å². The highest BCUT2D eigenvalue weighted by atomic mass is 14.3. The lowest BCUT2D eigenvalue weighted by Crippen LogP contribution is -2.14. The maximum absolute atomic E-state index is 4.45. The van der Waals surface area contributed by atoms with Crippen LogP contribution >= 0.6 is 0 Å². The summed E-state index contributed by atoms with van der Waals surface area (Å²) in [6.45, 7) is 13.4. The maximum Gasteiger partial charge on any atom is -0.00134 e. The summed E-state index contributed by atoms with van der Waals surface area (Å²) < 4.78 is 0. The molecule has 0 heterocycles. The molecule has 0 unspecified atom stereocenters. The second-order valence-electron chi connectivity index (χ2n) is 10.0. The topological polar surface area (TPSA) is 0 Å². The van der Waals surface area contributed by atoms with E-state index in [1.807, 2.05) is 0 Å². The van der Waals surface area contributed by atoms with Gasteiger partial charge in [0, 0.05) is 0 Å². The third-order valence-electron chi connectivity index (χ3n) is 7.76. The van der Waals surface area contributed by atoms with Crippen LogP contribution in [0.25, 0.3) is 5.57 Å². The number of hydrogen-bond donors (Lipinski definition) is 0. The van der Waals surface area contributed by atoms with Crippen LogP contribution in [0.15, 0.2) is 59.9 Å². The molecule has 0 atom stereocenters. The quantitative estimate of drug-likeness (QED) is 0.342. The van der Waals surface area contributed by atoms with Gasteiger partial charge in [0.2, 0.25) is 0 Å². The third kappa shape index (κ3) is 4.97. The lowest BCUT2D eigenvalue weighted by atomic mass is 9.75. The molecule has 0 spiro atoms. The minimum atomic E-state index is 0.743. The molecule has 0 bridgehead atoms. The summed E-state index contributed by atoms with van der Waals surface area (Å²) in [6, 6.07) is 13.8. The van der Waals surface area contributed by atoms with Crippen molar-refractivity contribution in [2.75, 3.05) is 0 Å². The second kappa shape index (κ2) is 9.46. The van der Waals surface area contributed by atoms with Crippen LogP contribution in [0.4, 0.5) is 0 Å². The van der Waals surface area contributed by atoms with Gasteiger partial charge in [0.15, 0.2) is 0 Å². The van der Waals surface area contributed by atoms with Gasteiger partial charge in [-0.2, -0.15) is 0 Å². The molecule has 2 aromatic carbocycles. The summed E-state index contributed by atoms with van der Waals surface area (Å²) >= 11 is 0. The largest absolute Gasteiger partial charge is 0.114 e. The Bertz CT molecular complexity index is 1030. The van der Waals surface area contributed by atoms with Gasteiger partial charge in [-0.05, 0) is 141 Å². The molecule has 4 rings (SSSR count). The fraction of sp³-hybridized carbons (Fsp3) is 0.452. The first-order valence-corrected chi connectivity index (χ1v) is 12.2. The molecule has 0 radical (unpaired) electrons. The van der Waals surface area contributed by atoms with Crippen LogP contribution in [0.3, 0.4) is 0 Å². The fourth-order valence-corrected chi connectivity index (χ4v) is 5.81. The van der Waals surface area contributed by atoms with Gasteiger partial charge in [0.1, 0.15) is 0 Å². The van der Waals surface area contributed by atoms with Crippen molar-refractivity contribution in [1.82, 2.24) is 0 Å². The molecule has 0 amide bonds. The number of benzene rings is 2. The number of fused-ring (bicyclic) bond motifs is 1. The summed E-state index contributed by atoms with van der Waals surface area (Å²) in [6.07, 6.45) is 10.2. The summed E-state index contributed by atoms with van der Waals surface area (Å²) in [4.78, 5) is 0. The number of hydrogen-bond acceptors (Lipinski definition) is 0. The molecule has 2 aliphatic carbocycles. The standard InChI is InChI=1S/C31H38/c1-21-9-6-7-12-30(21)27-15-13-26(14-16-27)18-23(3)22(2)17-24(4)31-20-29-11-8-10-28(29)19-25(31)5/h6-7,9,12,19-20,26-27H,3,8,10-11,13-16,18H2,1-2,4-5H3. The van der Waals surface area contributed by atoms with E-state index in [4.69, 9.17) is 0 Å². The predicted octanol–water partition coefficient (Wildman–Crippen LogP) is 8.66. The molecule has 0 N–H and O–H groups in total. The van der Waals surface area contributed by atoms with E-state index >= 15 is 0 Å². The van der Waals surface area contributed by atoms with Crippen molar-refractivity contribution in [2.24, 2.45) is 5.92 Å². The zero-order valence-corrected chi connectivity index (χ0v) is 20.0. The van der Waals surface area contributed by atoms with Gasteiger partial charge in [-0.15, -0.1) is 5.73 Å². The monoisotopic (exact) mass is 410 g/mol. The molecular formula is C31H38. The van der Waals surface area contributed by atoms with Crippen molar-refractivity contribution in [3.63, 3.8) is 0 Å². The highest BCUT2D eigenvalue weighted by Crippen LogP contribution is 2.39. The van der Waals surface area contributed by atoms with Crippen molar-refractivity contribution >= 4 is 5.57 Å². The minimum absolute atomic E-state index is 0.743. The SMILES string of the molecule is C=C(CC1CCC(c2ccccc2C)CC1)C(C)=C=C(C)c1cc2c(cc1C)CCC2. The van der Waals surface area contributed by atoms with Crippen LogP contribution in [0.5, 0.6) is 0 Å². The third-order valence-corrected chi connectivity index (χ3v) is 7.76. The molecule has 0 heteroatoms. The Kier molecular flexibility index (Phi) is 6.68. The first-order chi connectivity index (χ1) is 14.9. The Balaban J connectivity index is 1.41. The zero-order chi connectivity index (χ0) is 22.0. The number of rotatable bonds is 5. The van der Waals surface area contributed by atoms with Crippen molar-refractivity contribution in [1.29, 1.82) is 0 Å². The van der Waals surface area contributed by atoms with Crippen LogP contribution in [0.2, 0.25) is 0 Å². The van der Waals surface area contributed by atoms with Crippen molar-refractivity contribution in [3.8, 4) is 0 Å². The number of aryl methyl sites for hydroxylation is 4. The van der Waals surface area contributed by atoms with Crippen LogP contribution in [0, 0.1) is 19.8 Å². The average Bonchev–Trinajstić information content (AvgIpc) is 3.21. The summed E-state index contributed by atoms with van der Waals surface area (Å²) in [7, 11) is 0. The second-order valence-corrected chi connectivity index (χ2v) is 10.0. The molecule has 0 nitrogen and oxygen atoms in total. The van der Waals surface area contributed by atoms with E-state index in [0.717, 1.165) is 18.3 Å². The summed E-state index contributed by atoms with van der Waals surface area (Å²) in [5.41, 5.74) is 16.3. The van der Waals surface area contributed by atoms with E-state index in [9.17, 15) is 0 Å². The number of allylic oxidation sites excluding steroid dienone is 2. The normalized spacial score (nSPS) is 20.1. The van der Waals surface area contributed by atoms with Crippen molar-refractivity contribution < 1.29 is 0 Å². The molecular weight excluding hydrogens is 372 g/mol. The van der Waals surface area contributed by atoms with E-state index in [1.165, 1.54) is 78.4 Å². The molecule has 2 aromatic rings. The van der Waals surface area contributed by atoms with Gasteiger partial charge in [-0.1, -0.05) is 43.0 Å². The Morgan fingerprint density at radius 3 is 2.32 bits per heavy atom. The van der Waals surface area contributed by atoms with Crippen LogP contribution < -0.4 is 0 Å². The average molecular weight is 411 g/mol. The Hall–Kier alpha value is -2.30. The van der Waals surface area contributed by atoms with Crippen LogP contribution in [0.1, 0.15) is 91.7 Å². The first kappa shape index (κ1) is 21.9. The highest BCUT2D eigenvalue weighted by molar-refractivity contribution is 5.68. The predicted molar refractivity (Wildman–Crippen MR) is 135 cm³/mol. The molecule has 1 saturated carbocycles. The first-order valence-electron chi connectivity index (χ1n) is 12.2. The Morgan fingerprint density at radius 1 is 0.935 bits per heavy atom.